The fourth-order valence-corrected chi connectivity index (χ4v) is 2.30. The summed E-state index contributed by atoms with van der Waals surface area (Å²) in [5.74, 6) is 0. The number of rotatable bonds is 4. The first kappa shape index (κ1) is 17.1. The molecule has 0 aliphatic heterocycles. The summed E-state index contributed by atoms with van der Waals surface area (Å²) in [4.78, 5) is 11.9. The van der Waals surface area contributed by atoms with Gasteiger partial charge >= 0.3 is 6.03 Å². The summed E-state index contributed by atoms with van der Waals surface area (Å²) in [7, 11) is 1.80. The van der Waals surface area contributed by atoms with Crippen LogP contribution in [0.3, 0.4) is 0 Å². The number of carbonyl (C=O) groups excluding carboxylic acids is 1. The molecule has 2 aromatic rings. The Morgan fingerprint density at radius 2 is 1.83 bits per heavy atom. The molecule has 120 valence electrons. The molecule has 23 heavy (non-hydrogen) atoms. The van der Waals surface area contributed by atoms with Gasteiger partial charge in [0, 0.05) is 23.3 Å². The van der Waals surface area contributed by atoms with Gasteiger partial charge in [-0.25, -0.2) is 10.2 Å². The van der Waals surface area contributed by atoms with Crippen LogP contribution in [0.4, 0.5) is 16.2 Å². The van der Waals surface area contributed by atoms with Crippen LogP contribution in [0.2, 0.25) is 10.0 Å². The first-order valence-electron chi connectivity index (χ1n) is 6.84. The van der Waals surface area contributed by atoms with Crippen LogP contribution in [0.5, 0.6) is 0 Å². The number of carbonyl (C=O) groups is 1. The second-order valence-electron chi connectivity index (χ2n) is 4.68. The third kappa shape index (κ3) is 4.61. The summed E-state index contributed by atoms with van der Waals surface area (Å²) in [5, 5.41) is 10.8. The predicted octanol–water partition coefficient (Wildman–Crippen LogP) is 4.58. The van der Waals surface area contributed by atoms with Crippen molar-refractivity contribution in [2.24, 2.45) is 5.10 Å². The zero-order valence-corrected chi connectivity index (χ0v) is 14.2. The van der Waals surface area contributed by atoms with Gasteiger partial charge in [0.2, 0.25) is 0 Å². The maximum atomic E-state index is 11.9. The quantitative estimate of drug-likeness (QED) is 0.558. The summed E-state index contributed by atoms with van der Waals surface area (Å²) in [6, 6.07) is 11.9. The Kier molecular flexibility index (Phi) is 5.84. The normalized spacial score (nSPS) is 11.0. The number of nitrogens with one attached hydrogen (secondary N) is 3. The average Bonchev–Trinajstić information content (AvgIpc) is 2.54. The van der Waals surface area contributed by atoms with Crippen molar-refractivity contribution in [2.45, 2.75) is 6.92 Å². The molecule has 0 aromatic heterocycles. The minimum Gasteiger partial charge on any atom is -0.388 e. The monoisotopic (exact) mass is 350 g/mol. The molecule has 0 aliphatic carbocycles. The fourth-order valence-electron chi connectivity index (χ4n) is 1.94. The molecule has 0 atom stereocenters. The van der Waals surface area contributed by atoms with Crippen LogP contribution in [-0.2, 0) is 0 Å². The van der Waals surface area contributed by atoms with Crippen molar-refractivity contribution in [1.29, 1.82) is 0 Å². The summed E-state index contributed by atoms with van der Waals surface area (Å²) < 4.78 is 0. The molecule has 0 fully saturated rings. The van der Waals surface area contributed by atoms with E-state index in [2.05, 4.69) is 21.2 Å². The van der Waals surface area contributed by atoms with Gasteiger partial charge in [0.15, 0.2) is 0 Å². The van der Waals surface area contributed by atoms with Gasteiger partial charge in [-0.05, 0) is 37.3 Å². The van der Waals surface area contributed by atoms with Crippen molar-refractivity contribution in [3.8, 4) is 0 Å². The van der Waals surface area contributed by atoms with E-state index in [0.29, 0.717) is 21.4 Å². The van der Waals surface area contributed by atoms with Crippen molar-refractivity contribution in [2.75, 3.05) is 17.7 Å². The largest absolute Gasteiger partial charge is 0.388 e. The van der Waals surface area contributed by atoms with Crippen molar-refractivity contribution in [1.82, 2.24) is 5.43 Å². The predicted molar refractivity (Wildman–Crippen MR) is 96.8 cm³/mol. The molecule has 0 saturated heterocycles. The minimum atomic E-state index is -0.481. The van der Waals surface area contributed by atoms with Crippen LogP contribution in [0.15, 0.2) is 47.6 Å². The number of anilines is 2. The van der Waals surface area contributed by atoms with E-state index in [1.54, 1.807) is 50.4 Å². The molecule has 7 heteroatoms. The van der Waals surface area contributed by atoms with Gasteiger partial charge in [0.1, 0.15) is 0 Å². The molecule has 0 radical (unpaired) electrons. The van der Waals surface area contributed by atoms with Crippen LogP contribution in [0, 0.1) is 0 Å². The zero-order valence-electron chi connectivity index (χ0n) is 12.7. The molecule has 2 aromatic carbocycles. The van der Waals surface area contributed by atoms with E-state index in [9.17, 15) is 4.79 Å². The van der Waals surface area contributed by atoms with Crippen molar-refractivity contribution < 1.29 is 4.79 Å². The van der Waals surface area contributed by atoms with Crippen LogP contribution >= 0.6 is 23.2 Å². The average molecular weight is 351 g/mol. The number of amides is 2. The van der Waals surface area contributed by atoms with Gasteiger partial charge in [0.25, 0.3) is 0 Å². The van der Waals surface area contributed by atoms with E-state index in [4.69, 9.17) is 23.2 Å². The Morgan fingerprint density at radius 3 is 2.52 bits per heavy atom. The number of hydrogen-bond donors (Lipinski definition) is 3. The molecule has 0 heterocycles. The minimum absolute atomic E-state index is 0.454. The lowest BCUT2D eigenvalue weighted by molar-refractivity contribution is 0.252. The summed E-state index contributed by atoms with van der Waals surface area (Å²) >= 11 is 12.0. The van der Waals surface area contributed by atoms with Gasteiger partial charge in [-0.15, -0.1) is 0 Å². The van der Waals surface area contributed by atoms with Crippen LogP contribution in [0.25, 0.3) is 0 Å². The van der Waals surface area contributed by atoms with E-state index in [-0.39, 0.29) is 0 Å². The van der Waals surface area contributed by atoms with Crippen molar-refractivity contribution >= 4 is 46.3 Å². The lowest BCUT2D eigenvalue weighted by Crippen LogP contribution is -2.25. The molecule has 0 saturated carbocycles. The highest BCUT2D eigenvalue weighted by atomic mass is 35.5. The van der Waals surface area contributed by atoms with Gasteiger partial charge in [-0.3, -0.25) is 0 Å². The number of benzene rings is 2. The molecule has 5 nitrogen and oxygen atoms in total. The second-order valence-corrected chi connectivity index (χ2v) is 5.53. The number of urea groups is 1. The topological polar surface area (TPSA) is 65.5 Å². The van der Waals surface area contributed by atoms with Gasteiger partial charge < -0.3 is 10.6 Å². The Labute approximate surface area is 144 Å². The molecular formula is C16H16Cl2N4O. The first-order chi connectivity index (χ1) is 11.0. The Bertz CT molecular complexity index is 747. The molecule has 0 spiro atoms. The lowest BCUT2D eigenvalue weighted by Gasteiger charge is -2.10. The Hall–Kier alpha value is -2.24. The smallest absolute Gasteiger partial charge is 0.339 e. The molecule has 0 aliphatic rings. The molecule has 2 amide bonds. The lowest BCUT2D eigenvalue weighted by atomic mass is 10.1. The SMILES string of the molecule is CNc1ccc(Cl)cc1/C(C)=N\NC(=O)Nc1ccccc1Cl. The van der Waals surface area contributed by atoms with Crippen LogP contribution in [0.1, 0.15) is 12.5 Å². The highest BCUT2D eigenvalue weighted by Gasteiger charge is 2.07. The van der Waals surface area contributed by atoms with Crippen molar-refractivity contribution in [3.05, 3.63) is 58.1 Å². The van der Waals surface area contributed by atoms with E-state index in [0.717, 1.165) is 11.3 Å². The molecule has 3 N–H and O–H groups in total. The Morgan fingerprint density at radius 1 is 1.09 bits per heavy atom. The molecule has 0 bridgehead atoms. The maximum Gasteiger partial charge on any atom is 0.339 e. The summed E-state index contributed by atoms with van der Waals surface area (Å²) in [6.07, 6.45) is 0. The Balaban J connectivity index is 2.09. The number of hydrogen-bond acceptors (Lipinski definition) is 3. The van der Waals surface area contributed by atoms with E-state index < -0.39 is 6.03 Å². The van der Waals surface area contributed by atoms with Crippen LogP contribution in [-0.4, -0.2) is 18.8 Å². The summed E-state index contributed by atoms with van der Waals surface area (Å²) in [6.45, 7) is 1.78. The van der Waals surface area contributed by atoms with Crippen molar-refractivity contribution in [3.63, 3.8) is 0 Å². The van der Waals surface area contributed by atoms with Gasteiger partial charge in [0.05, 0.1) is 16.4 Å². The van der Waals surface area contributed by atoms with E-state index >= 15 is 0 Å². The molecule has 2 rings (SSSR count). The number of nitrogens with zero attached hydrogens (tertiary/aromatic N) is 1. The van der Waals surface area contributed by atoms with E-state index in [1.165, 1.54) is 0 Å². The number of para-hydroxylation sites is 1. The third-order valence-electron chi connectivity index (χ3n) is 3.09. The summed E-state index contributed by atoms with van der Waals surface area (Å²) in [5.41, 5.74) is 5.23. The standard InChI is InChI=1S/C16H16Cl2N4O/c1-10(12-9-11(17)7-8-14(12)19-2)21-22-16(23)20-15-6-4-3-5-13(15)18/h3-9,19H,1-2H3,(H2,20,22,23)/b21-10-. The zero-order chi connectivity index (χ0) is 16.8. The fraction of sp³-hybridized carbons (Fsp3) is 0.125. The third-order valence-corrected chi connectivity index (χ3v) is 3.65. The highest BCUT2D eigenvalue weighted by Crippen LogP contribution is 2.21. The van der Waals surface area contributed by atoms with Gasteiger partial charge in [-0.2, -0.15) is 5.10 Å². The second kappa shape index (κ2) is 7.85. The van der Waals surface area contributed by atoms with Crippen LogP contribution < -0.4 is 16.1 Å². The highest BCUT2D eigenvalue weighted by molar-refractivity contribution is 6.33. The van der Waals surface area contributed by atoms with E-state index in [1.807, 2.05) is 6.07 Å². The maximum absolute atomic E-state index is 11.9. The first-order valence-corrected chi connectivity index (χ1v) is 7.60. The van der Waals surface area contributed by atoms with Gasteiger partial charge in [-0.1, -0.05) is 35.3 Å². The molecule has 0 unspecified atom stereocenters. The number of halogens is 2. The molecular weight excluding hydrogens is 335 g/mol. The number of hydrazone groups is 1.